The highest BCUT2D eigenvalue weighted by Crippen LogP contribution is 2.28. The van der Waals surface area contributed by atoms with E-state index >= 15 is 0 Å². The molecule has 226 valence electrons. The molecule has 2 atom stereocenters. The van der Waals surface area contributed by atoms with Crippen LogP contribution in [0.1, 0.15) is 46.1 Å². The van der Waals surface area contributed by atoms with Crippen LogP contribution >= 0.6 is 11.8 Å². The topological polar surface area (TPSA) is 96.0 Å². The van der Waals surface area contributed by atoms with Crippen LogP contribution in [-0.2, 0) is 26.2 Å². The van der Waals surface area contributed by atoms with E-state index in [-0.39, 0.29) is 23.4 Å². The quantitative estimate of drug-likeness (QED) is 0.221. The van der Waals surface area contributed by atoms with E-state index in [2.05, 4.69) is 5.32 Å². The van der Waals surface area contributed by atoms with Crippen molar-refractivity contribution in [3.05, 3.63) is 84.4 Å². The van der Waals surface area contributed by atoms with Gasteiger partial charge in [-0.1, -0.05) is 44.2 Å². The molecule has 0 aliphatic rings. The summed E-state index contributed by atoms with van der Waals surface area (Å²) in [5.74, 6) is -0.157. The van der Waals surface area contributed by atoms with Gasteiger partial charge in [-0.05, 0) is 87.0 Å². The lowest BCUT2D eigenvalue weighted by atomic mass is 10.1. The third kappa shape index (κ3) is 8.51. The molecule has 3 rings (SSSR count). The van der Waals surface area contributed by atoms with Gasteiger partial charge in [-0.2, -0.15) is 0 Å². The van der Waals surface area contributed by atoms with Crippen LogP contribution in [-0.4, -0.2) is 56.6 Å². The van der Waals surface area contributed by atoms with Crippen molar-refractivity contribution in [3.63, 3.8) is 0 Å². The van der Waals surface area contributed by atoms with Gasteiger partial charge >= 0.3 is 0 Å². The molecule has 0 fully saturated rings. The number of thioether (sulfide) groups is 1. The fourth-order valence-corrected chi connectivity index (χ4v) is 6.24. The summed E-state index contributed by atoms with van der Waals surface area (Å²) in [4.78, 5) is 30.0. The Morgan fingerprint density at radius 1 is 0.905 bits per heavy atom. The maximum absolute atomic E-state index is 14.2. The minimum Gasteiger partial charge on any atom is -0.494 e. The summed E-state index contributed by atoms with van der Waals surface area (Å²) >= 11 is 1.51. The third-order valence-corrected chi connectivity index (χ3v) is 9.48. The van der Waals surface area contributed by atoms with Crippen LogP contribution in [0, 0.1) is 0 Å². The molecule has 0 aliphatic heterocycles. The van der Waals surface area contributed by atoms with Crippen molar-refractivity contribution in [2.45, 2.75) is 69.0 Å². The minimum atomic E-state index is -4.15. The maximum atomic E-state index is 14.2. The first-order valence-electron chi connectivity index (χ1n) is 14.2. The van der Waals surface area contributed by atoms with E-state index in [0.717, 1.165) is 21.2 Å². The molecule has 0 unspecified atom stereocenters. The second kappa shape index (κ2) is 15.7. The molecule has 0 saturated heterocycles. The second-order valence-electron chi connectivity index (χ2n) is 9.86. The Balaban J connectivity index is 2.05. The number of carbonyl (C=O) groups is 2. The molecule has 2 amide bonds. The van der Waals surface area contributed by atoms with Gasteiger partial charge in [0.2, 0.25) is 11.8 Å². The number of nitrogens with zero attached hydrogens (tertiary/aromatic N) is 2. The zero-order chi connectivity index (χ0) is 30.7. The number of hydrogen-bond acceptors (Lipinski definition) is 6. The molecule has 3 aromatic carbocycles. The van der Waals surface area contributed by atoms with Crippen LogP contribution in [0.15, 0.2) is 88.7 Å². The Morgan fingerprint density at radius 3 is 2.10 bits per heavy atom. The van der Waals surface area contributed by atoms with Crippen molar-refractivity contribution < 1.29 is 22.7 Å². The van der Waals surface area contributed by atoms with Gasteiger partial charge in [0.15, 0.2) is 0 Å². The number of anilines is 1. The fraction of sp³-hybridized carbons (Fsp3) is 0.375. The molecular weight excluding hydrogens is 571 g/mol. The third-order valence-electron chi connectivity index (χ3n) is 6.94. The van der Waals surface area contributed by atoms with Gasteiger partial charge in [0.1, 0.15) is 18.3 Å². The summed E-state index contributed by atoms with van der Waals surface area (Å²) in [6.45, 7) is 7.74. The molecule has 0 spiro atoms. The summed E-state index contributed by atoms with van der Waals surface area (Å²) in [6, 6.07) is 21.7. The van der Waals surface area contributed by atoms with Gasteiger partial charge in [-0.15, -0.1) is 11.8 Å². The second-order valence-corrected chi connectivity index (χ2v) is 12.6. The SMILES string of the molecule is CCOc1ccc(N(CC(=O)N(Cc2ccccc2)[C@H](CC)C(=O)N[C@H](C)CC)S(=O)(=O)c2ccc(SC)cc2)cc1. The highest BCUT2D eigenvalue weighted by Gasteiger charge is 2.34. The summed E-state index contributed by atoms with van der Waals surface area (Å²) in [5, 5.41) is 2.99. The van der Waals surface area contributed by atoms with Crippen LogP contribution in [0.4, 0.5) is 5.69 Å². The molecule has 0 aliphatic carbocycles. The molecule has 0 bridgehead atoms. The van der Waals surface area contributed by atoms with E-state index in [9.17, 15) is 18.0 Å². The van der Waals surface area contributed by atoms with E-state index in [1.54, 1.807) is 48.5 Å². The van der Waals surface area contributed by atoms with E-state index in [4.69, 9.17) is 4.74 Å². The van der Waals surface area contributed by atoms with Crippen molar-refractivity contribution in [1.29, 1.82) is 0 Å². The smallest absolute Gasteiger partial charge is 0.264 e. The molecule has 42 heavy (non-hydrogen) atoms. The predicted molar refractivity (Wildman–Crippen MR) is 169 cm³/mol. The van der Waals surface area contributed by atoms with Gasteiger partial charge in [0.05, 0.1) is 17.2 Å². The van der Waals surface area contributed by atoms with Crippen molar-refractivity contribution in [3.8, 4) is 5.75 Å². The van der Waals surface area contributed by atoms with Gasteiger partial charge in [0, 0.05) is 17.5 Å². The normalized spacial score (nSPS) is 12.7. The summed E-state index contributed by atoms with van der Waals surface area (Å²) in [7, 11) is -4.15. The zero-order valence-electron chi connectivity index (χ0n) is 24.9. The average molecular weight is 612 g/mol. The Labute approximate surface area is 254 Å². The van der Waals surface area contributed by atoms with E-state index in [1.807, 2.05) is 64.3 Å². The van der Waals surface area contributed by atoms with Crippen LogP contribution in [0.5, 0.6) is 5.75 Å². The van der Waals surface area contributed by atoms with Crippen molar-refractivity contribution in [2.24, 2.45) is 0 Å². The molecule has 3 aromatic rings. The Morgan fingerprint density at radius 2 is 1.55 bits per heavy atom. The lowest BCUT2D eigenvalue weighted by molar-refractivity contribution is -0.140. The molecule has 1 N–H and O–H groups in total. The van der Waals surface area contributed by atoms with E-state index < -0.39 is 28.5 Å². The Hall–Kier alpha value is -3.50. The standard InChI is InChI=1S/C32H41N3O5S2/c1-6-24(4)33-32(37)30(7-2)34(22-25-12-10-9-11-13-25)31(36)23-35(26-14-16-27(17-15-26)40-8-3)42(38,39)29-20-18-28(41-5)19-21-29/h9-21,24,30H,6-8,22-23H2,1-5H3,(H,33,37)/t24-,30-/m1/s1. The molecule has 10 heteroatoms. The van der Waals surface area contributed by atoms with Crippen molar-refractivity contribution in [2.75, 3.05) is 23.7 Å². The highest BCUT2D eigenvalue weighted by atomic mass is 32.2. The lowest BCUT2D eigenvalue weighted by Gasteiger charge is -2.33. The number of carbonyl (C=O) groups excluding carboxylic acids is 2. The van der Waals surface area contributed by atoms with Gasteiger partial charge in [-0.3, -0.25) is 13.9 Å². The van der Waals surface area contributed by atoms with Gasteiger partial charge in [-0.25, -0.2) is 8.42 Å². The van der Waals surface area contributed by atoms with Crippen LogP contribution in [0.25, 0.3) is 0 Å². The van der Waals surface area contributed by atoms with Gasteiger partial charge in [0.25, 0.3) is 10.0 Å². The lowest BCUT2D eigenvalue weighted by Crippen LogP contribution is -2.53. The van der Waals surface area contributed by atoms with Crippen molar-refractivity contribution >= 4 is 39.3 Å². The first-order valence-corrected chi connectivity index (χ1v) is 16.8. The molecule has 0 heterocycles. The fourth-order valence-electron chi connectivity index (χ4n) is 4.42. The molecular formula is C32H41N3O5S2. The van der Waals surface area contributed by atoms with Crippen LogP contribution < -0.4 is 14.4 Å². The van der Waals surface area contributed by atoms with Crippen LogP contribution in [0.3, 0.4) is 0 Å². The van der Waals surface area contributed by atoms with Crippen molar-refractivity contribution in [1.82, 2.24) is 10.2 Å². The first kappa shape index (κ1) is 33.0. The minimum absolute atomic E-state index is 0.0646. The summed E-state index contributed by atoms with van der Waals surface area (Å²) < 4.78 is 34.8. The molecule has 0 radical (unpaired) electrons. The molecule has 0 aromatic heterocycles. The average Bonchev–Trinajstić information content (AvgIpc) is 3.00. The number of ether oxygens (including phenoxy) is 1. The largest absolute Gasteiger partial charge is 0.494 e. The molecule has 8 nitrogen and oxygen atoms in total. The maximum Gasteiger partial charge on any atom is 0.264 e. The Bertz CT molecular complexity index is 1400. The molecule has 0 saturated carbocycles. The van der Waals surface area contributed by atoms with E-state index in [0.29, 0.717) is 24.5 Å². The summed E-state index contributed by atoms with van der Waals surface area (Å²) in [5.41, 5.74) is 1.15. The van der Waals surface area contributed by atoms with Gasteiger partial charge < -0.3 is 15.0 Å². The predicted octanol–water partition coefficient (Wildman–Crippen LogP) is 5.72. The Kier molecular flexibility index (Phi) is 12.3. The zero-order valence-corrected chi connectivity index (χ0v) is 26.6. The number of nitrogens with one attached hydrogen (secondary N) is 1. The number of benzene rings is 3. The number of amides is 2. The highest BCUT2D eigenvalue weighted by molar-refractivity contribution is 7.98. The number of hydrogen-bond donors (Lipinski definition) is 1. The first-order chi connectivity index (χ1) is 20.1. The van der Waals surface area contributed by atoms with Crippen LogP contribution in [0.2, 0.25) is 0 Å². The number of rotatable bonds is 15. The monoisotopic (exact) mass is 611 g/mol. The number of sulfonamides is 1. The summed E-state index contributed by atoms with van der Waals surface area (Å²) in [6.07, 6.45) is 3.03. The van der Waals surface area contributed by atoms with E-state index in [1.165, 1.54) is 16.7 Å².